The van der Waals surface area contributed by atoms with Gasteiger partial charge in [-0.15, -0.1) is 0 Å². The zero-order valence-electron chi connectivity index (χ0n) is 13.9. The van der Waals surface area contributed by atoms with Crippen LogP contribution in [0.4, 0.5) is 4.39 Å². The molecule has 1 spiro atoms. The highest BCUT2D eigenvalue weighted by Crippen LogP contribution is 2.39. The third-order valence-corrected chi connectivity index (χ3v) is 5.52. The monoisotopic (exact) mass is 326 g/mol. The summed E-state index contributed by atoms with van der Waals surface area (Å²) in [6, 6.07) is 7.30. The van der Waals surface area contributed by atoms with Gasteiger partial charge in [0.15, 0.2) is 0 Å². The summed E-state index contributed by atoms with van der Waals surface area (Å²) in [4.78, 5) is 5.99. The van der Waals surface area contributed by atoms with E-state index in [-0.39, 0.29) is 11.4 Å². The van der Waals surface area contributed by atoms with Gasteiger partial charge < -0.3 is 15.2 Å². The van der Waals surface area contributed by atoms with Crippen molar-refractivity contribution >= 4 is 10.9 Å². The van der Waals surface area contributed by atoms with Gasteiger partial charge in [0.1, 0.15) is 5.82 Å². The number of hydrogen-bond acceptors (Lipinski definition) is 3. The zero-order valence-corrected chi connectivity index (χ0v) is 13.9. The van der Waals surface area contributed by atoms with Gasteiger partial charge in [0.05, 0.1) is 11.6 Å². The van der Waals surface area contributed by atoms with Crippen molar-refractivity contribution in [3.8, 4) is 6.07 Å². The first-order chi connectivity index (χ1) is 11.7. The maximum atomic E-state index is 13.6. The van der Waals surface area contributed by atoms with Gasteiger partial charge in [0, 0.05) is 36.1 Å². The van der Waals surface area contributed by atoms with E-state index in [0.717, 1.165) is 62.8 Å². The molecule has 0 bridgehead atoms. The van der Waals surface area contributed by atoms with E-state index in [9.17, 15) is 4.39 Å². The summed E-state index contributed by atoms with van der Waals surface area (Å²) in [5.41, 5.74) is 3.44. The molecule has 1 saturated heterocycles. The molecule has 2 aliphatic heterocycles. The van der Waals surface area contributed by atoms with Gasteiger partial charge in [-0.3, -0.25) is 0 Å². The van der Waals surface area contributed by atoms with Crippen LogP contribution in [-0.2, 0) is 12.0 Å². The molecule has 1 unspecified atom stereocenters. The molecule has 0 amide bonds. The van der Waals surface area contributed by atoms with Crippen LogP contribution in [0.25, 0.3) is 10.9 Å². The lowest BCUT2D eigenvalue weighted by Crippen LogP contribution is -2.57. The number of fused-ring (bicyclic) bond motifs is 4. The number of hydrogen-bond donors (Lipinski definition) is 2. The maximum absolute atomic E-state index is 13.6. The molecule has 1 fully saturated rings. The molecule has 2 N–H and O–H groups in total. The van der Waals surface area contributed by atoms with Crippen molar-refractivity contribution in [3.05, 3.63) is 35.3 Å². The van der Waals surface area contributed by atoms with Gasteiger partial charge >= 0.3 is 0 Å². The van der Waals surface area contributed by atoms with Crippen LogP contribution in [-0.4, -0.2) is 36.1 Å². The van der Waals surface area contributed by atoms with Gasteiger partial charge in [-0.25, -0.2) is 4.39 Å². The van der Waals surface area contributed by atoms with E-state index < -0.39 is 0 Å². The Morgan fingerprint density at radius 2 is 2.29 bits per heavy atom. The van der Waals surface area contributed by atoms with Crippen molar-refractivity contribution in [3.63, 3.8) is 0 Å². The molecule has 3 heterocycles. The fraction of sp³-hybridized carbons (Fsp3) is 0.526. The molecule has 126 valence electrons. The second-order valence-corrected chi connectivity index (χ2v) is 7.07. The maximum Gasteiger partial charge on any atom is 0.125 e. The number of aromatic nitrogens is 1. The highest BCUT2D eigenvalue weighted by atomic mass is 19.1. The van der Waals surface area contributed by atoms with Crippen LogP contribution >= 0.6 is 0 Å². The minimum absolute atomic E-state index is 0.0615. The summed E-state index contributed by atoms with van der Waals surface area (Å²) >= 11 is 0. The Bertz CT molecular complexity index is 790. The minimum Gasteiger partial charge on any atom is -0.356 e. The Morgan fingerprint density at radius 1 is 1.38 bits per heavy atom. The van der Waals surface area contributed by atoms with Crippen molar-refractivity contribution in [2.45, 2.75) is 37.6 Å². The Hall–Kier alpha value is -1.90. The number of rotatable bonds is 3. The SMILES string of the molecule is N#CCCCN1CCCC2(C1)NCCc1c2[nH]c2cc(F)ccc12. The molecule has 4 rings (SSSR count). The number of likely N-dealkylation sites (tertiary alicyclic amines) is 1. The first-order valence-corrected chi connectivity index (χ1v) is 8.87. The van der Waals surface area contributed by atoms with Crippen LogP contribution in [0.5, 0.6) is 0 Å². The van der Waals surface area contributed by atoms with Crippen LogP contribution in [0, 0.1) is 17.1 Å². The molecule has 0 aliphatic carbocycles. The smallest absolute Gasteiger partial charge is 0.125 e. The molecule has 24 heavy (non-hydrogen) atoms. The quantitative estimate of drug-likeness (QED) is 0.853. The lowest BCUT2D eigenvalue weighted by atomic mass is 9.80. The van der Waals surface area contributed by atoms with Gasteiger partial charge in [-0.05, 0) is 62.5 Å². The number of nitrogens with zero attached hydrogens (tertiary/aromatic N) is 2. The van der Waals surface area contributed by atoms with E-state index in [1.54, 1.807) is 12.1 Å². The predicted octanol–water partition coefficient (Wildman–Crippen LogP) is 3.05. The van der Waals surface area contributed by atoms with E-state index in [4.69, 9.17) is 5.26 Å². The standard InChI is InChI=1S/C19H23FN4/c20-14-4-5-15-16-6-9-22-19(18(16)23-17(15)12-14)7-3-11-24(13-19)10-2-1-8-21/h4-5,12,22-23H,1-3,6-7,9-11,13H2. The minimum atomic E-state index is -0.190. The van der Waals surface area contributed by atoms with Crippen molar-refractivity contribution < 1.29 is 4.39 Å². The van der Waals surface area contributed by atoms with Crippen LogP contribution in [0.2, 0.25) is 0 Å². The molecule has 5 heteroatoms. The Labute approximate surface area is 141 Å². The van der Waals surface area contributed by atoms with Crippen molar-refractivity contribution in [2.24, 2.45) is 0 Å². The van der Waals surface area contributed by atoms with Gasteiger partial charge in [0.25, 0.3) is 0 Å². The van der Waals surface area contributed by atoms with Gasteiger partial charge in [-0.2, -0.15) is 5.26 Å². The molecular formula is C19H23FN4. The molecule has 1 aromatic heterocycles. The van der Waals surface area contributed by atoms with Gasteiger partial charge in [-0.1, -0.05) is 0 Å². The van der Waals surface area contributed by atoms with Crippen LogP contribution in [0.1, 0.15) is 36.9 Å². The summed E-state index contributed by atoms with van der Waals surface area (Å²) in [6.45, 7) is 3.99. The highest BCUT2D eigenvalue weighted by molar-refractivity contribution is 5.85. The molecule has 4 nitrogen and oxygen atoms in total. The molecule has 0 radical (unpaired) electrons. The molecular weight excluding hydrogens is 303 g/mol. The molecule has 1 aromatic carbocycles. The molecule has 2 aromatic rings. The zero-order chi connectivity index (χ0) is 16.6. The van der Waals surface area contributed by atoms with E-state index >= 15 is 0 Å². The summed E-state index contributed by atoms with van der Waals surface area (Å²) in [6.07, 6.45) is 4.77. The fourth-order valence-corrected chi connectivity index (χ4v) is 4.48. The third kappa shape index (κ3) is 2.60. The molecule has 2 aliphatic rings. The fourth-order valence-electron chi connectivity index (χ4n) is 4.48. The average molecular weight is 326 g/mol. The summed E-state index contributed by atoms with van der Waals surface area (Å²) in [5.74, 6) is -0.190. The second kappa shape index (κ2) is 6.19. The number of nitriles is 1. The number of piperidine rings is 1. The Balaban J connectivity index is 1.67. The van der Waals surface area contributed by atoms with Crippen LogP contribution in [0.15, 0.2) is 18.2 Å². The normalized spacial score (nSPS) is 24.2. The summed E-state index contributed by atoms with van der Waals surface area (Å²) in [7, 11) is 0. The number of unbranched alkanes of at least 4 members (excludes halogenated alkanes) is 1. The van der Waals surface area contributed by atoms with E-state index in [0.29, 0.717) is 6.42 Å². The number of benzene rings is 1. The lowest BCUT2D eigenvalue weighted by Gasteiger charge is -2.45. The predicted molar refractivity (Wildman–Crippen MR) is 92.2 cm³/mol. The Morgan fingerprint density at radius 3 is 3.17 bits per heavy atom. The first-order valence-electron chi connectivity index (χ1n) is 8.87. The van der Waals surface area contributed by atoms with Crippen LogP contribution < -0.4 is 5.32 Å². The first kappa shape index (κ1) is 15.6. The summed E-state index contributed by atoms with van der Waals surface area (Å²) < 4.78 is 13.6. The number of aromatic amines is 1. The molecule has 1 atom stereocenters. The topological polar surface area (TPSA) is 54.9 Å². The number of H-pyrrole nitrogens is 1. The average Bonchev–Trinajstić information content (AvgIpc) is 2.95. The second-order valence-electron chi connectivity index (χ2n) is 7.07. The van der Waals surface area contributed by atoms with Crippen molar-refractivity contribution in [1.29, 1.82) is 5.26 Å². The van der Waals surface area contributed by atoms with Gasteiger partial charge in [0.2, 0.25) is 0 Å². The van der Waals surface area contributed by atoms with E-state index in [2.05, 4.69) is 21.3 Å². The molecule has 0 saturated carbocycles. The number of halogens is 1. The van der Waals surface area contributed by atoms with E-state index in [1.807, 2.05) is 6.07 Å². The van der Waals surface area contributed by atoms with Crippen LogP contribution in [0.3, 0.4) is 0 Å². The highest BCUT2D eigenvalue weighted by Gasteiger charge is 2.41. The van der Waals surface area contributed by atoms with Crippen molar-refractivity contribution in [2.75, 3.05) is 26.2 Å². The number of nitrogens with one attached hydrogen (secondary N) is 2. The van der Waals surface area contributed by atoms with Crippen molar-refractivity contribution in [1.82, 2.24) is 15.2 Å². The van der Waals surface area contributed by atoms with E-state index in [1.165, 1.54) is 11.3 Å². The Kier molecular flexibility index (Phi) is 4.03. The third-order valence-electron chi connectivity index (χ3n) is 5.52. The lowest BCUT2D eigenvalue weighted by molar-refractivity contribution is 0.112. The largest absolute Gasteiger partial charge is 0.356 e. The summed E-state index contributed by atoms with van der Waals surface area (Å²) in [5, 5.41) is 13.7.